The largest absolute Gasteiger partial charge is 0.484 e. The second-order valence-corrected chi connectivity index (χ2v) is 3.71. The minimum absolute atomic E-state index is 0.165. The highest BCUT2D eigenvalue weighted by Gasteiger charge is 2.28. The summed E-state index contributed by atoms with van der Waals surface area (Å²) in [4.78, 5) is 0. The molecular formula is C12H16F3NO3. The summed E-state index contributed by atoms with van der Waals surface area (Å²) in [5.41, 5.74) is 0.735. The molecule has 0 unspecified atom stereocenters. The Morgan fingerprint density at radius 2 is 1.68 bits per heavy atom. The Hall–Kier alpha value is -1.47. The van der Waals surface area contributed by atoms with Crippen molar-refractivity contribution in [1.82, 2.24) is 0 Å². The first-order valence-corrected chi connectivity index (χ1v) is 5.53. The van der Waals surface area contributed by atoms with Gasteiger partial charge >= 0.3 is 6.18 Å². The highest BCUT2D eigenvalue weighted by Crippen LogP contribution is 2.20. The van der Waals surface area contributed by atoms with Crippen molar-refractivity contribution in [1.29, 1.82) is 0 Å². The molecular weight excluding hydrogens is 263 g/mol. The number of hydrogen-bond donors (Lipinski definition) is 1. The van der Waals surface area contributed by atoms with E-state index in [1.807, 2.05) is 0 Å². The van der Waals surface area contributed by atoms with Crippen molar-refractivity contribution < 1.29 is 27.4 Å². The summed E-state index contributed by atoms with van der Waals surface area (Å²) < 4.78 is 50.4. The van der Waals surface area contributed by atoms with Crippen LogP contribution < -0.4 is 10.1 Å². The van der Waals surface area contributed by atoms with Gasteiger partial charge in [-0.25, -0.2) is 0 Å². The van der Waals surface area contributed by atoms with Crippen LogP contribution in [0.15, 0.2) is 24.3 Å². The molecule has 108 valence electrons. The fraction of sp³-hybridized carbons (Fsp3) is 0.500. The Balaban J connectivity index is 2.43. The Bertz CT molecular complexity index is 363. The number of hydrogen-bond acceptors (Lipinski definition) is 4. The van der Waals surface area contributed by atoms with Gasteiger partial charge < -0.3 is 19.5 Å². The molecule has 0 saturated heterocycles. The van der Waals surface area contributed by atoms with Crippen molar-refractivity contribution in [2.75, 3.05) is 32.7 Å². The van der Waals surface area contributed by atoms with Crippen molar-refractivity contribution in [3.05, 3.63) is 24.3 Å². The van der Waals surface area contributed by atoms with Crippen LogP contribution in [0.1, 0.15) is 0 Å². The van der Waals surface area contributed by atoms with Crippen molar-refractivity contribution in [3.63, 3.8) is 0 Å². The maximum absolute atomic E-state index is 11.9. The maximum Gasteiger partial charge on any atom is 0.422 e. The molecule has 0 radical (unpaired) electrons. The van der Waals surface area contributed by atoms with Crippen molar-refractivity contribution in [2.45, 2.75) is 12.5 Å². The number of methoxy groups -OCH3 is 2. The van der Waals surface area contributed by atoms with Gasteiger partial charge in [-0.05, 0) is 24.3 Å². The Morgan fingerprint density at radius 1 is 1.11 bits per heavy atom. The molecule has 0 aromatic heterocycles. The van der Waals surface area contributed by atoms with Gasteiger partial charge in [-0.15, -0.1) is 0 Å². The molecule has 7 heteroatoms. The molecule has 1 N–H and O–H groups in total. The highest BCUT2D eigenvalue weighted by atomic mass is 19.4. The van der Waals surface area contributed by atoms with E-state index >= 15 is 0 Å². The smallest absolute Gasteiger partial charge is 0.422 e. The maximum atomic E-state index is 11.9. The quantitative estimate of drug-likeness (QED) is 0.779. The second-order valence-electron chi connectivity index (χ2n) is 3.71. The Morgan fingerprint density at radius 3 is 2.16 bits per heavy atom. The first-order valence-electron chi connectivity index (χ1n) is 5.53. The zero-order valence-corrected chi connectivity index (χ0v) is 10.7. The van der Waals surface area contributed by atoms with Gasteiger partial charge in [0.05, 0.1) is 6.54 Å². The summed E-state index contributed by atoms with van der Waals surface area (Å²) in [5, 5.41) is 3.02. The standard InChI is InChI=1S/C12H16F3NO3/c1-17-11(18-2)7-16-9-3-5-10(6-4-9)19-8-12(13,14)15/h3-6,11,16H,7-8H2,1-2H3. The monoisotopic (exact) mass is 279 g/mol. The van der Waals surface area contributed by atoms with E-state index in [1.54, 1.807) is 12.1 Å². The van der Waals surface area contributed by atoms with Crippen LogP contribution in [0.2, 0.25) is 0 Å². The van der Waals surface area contributed by atoms with Crippen LogP contribution in [-0.2, 0) is 9.47 Å². The molecule has 1 aromatic carbocycles. The lowest BCUT2D eigenvalue weighted by Gasteiger charge is -2.15. The van der Waals surface area contributed by atoms with E-state index in [2.05, 4.69) is 10.1 Å². The van der Waals surface area contributed by atoms with E-state index in [-0.39, 0.29) is 12.0 Å². The molecule has 0 aliphatic rings. The van der Waals surface area contributed by atoms with E-state index < -0.39 is 12.8 Å². The van der Waals surface area contributed by atoms with Crippen LogP contribution in [0.3, 0.4) is 0 Å². The molecule has 19 heavy (non-hydrogen) atoms. The Kier molecular flexibility index (Phi) is 5.91. The lowest BCUT2D eigenvalue weighted by Crippen LogP contribution is -2.23. The zero-order chi connectivity index (χ0) is 14.3. The van der Waals surface area contributed by atoms with Gasteiger partial charge in [0.2, 0.25) is 0 Å². The van der Waals surface area contributed by atoms with Crippen LogP contribution >= 0.6 is 0 Å². The third-order valence-corrected chi connectivity index (χ3v) is 2.26. The summed E-state index contributed by atoms with van der Waals surface area (Å²) in [7, 11) is 3.04. The van der Waals surface area contributed by atoms with Crippen LogP contribution in [0.4, 0.5) is 18.9 Å². The van der Waals surface area contributed by atoms with Gasteiger partial charge in [-0.3, -0.25) is 0 Å². The fourth-order valence-electron chi connectivity index (χ4n) is 1.30. The number of nitrogens with one attached hydrogen (secondary N) is 1. The van der Waals surface area contributed by atoms with Crippen LogP contribution in [-0.4, -0.2) is 39.8 Å². The molecule has 0 fully saturated rings. The van der Waals surface area contributed by atoms with Crippen molar-refractivity contribution in [3.8, 4) is 5.75 Å². The van der Waals surface area contributed by atoms with Crippen molar-refractivity contribution >= 4 is 5.69 Å². The molecule has 0 atom stereocenters. The average Bonchev–Trinajstić information content (AvgIpc) is 2.38. The predicted molar refractivity (Wildman–Crippen MR) is 64.3 cm³/mol. The molecule has 0 heterocycles. The van der Waals surface area contributed by atoms with Gasteiger partial charge in [0, 0.05) is 19.9 Å². The van der Waals surface area contributed by atoms with E-state index in [4.69, 9.17) is 9.47 Å². The molecule has 4 nitrogen and oxygen atoms in total. The predicted octanol–water partition coefficient (Wildman–Crippen LogP) is 2.66. The second kappa shape index (κ2) is 7.20. The highest BCUT2D eigenvalue weighted by molar-refractivity contribution is 5.46. The number of halogens is 3. The minimum Gasteiger partial charge on any atom is -0.484 e. The molecule has 0 bridgehead atoms. The third kappa shape index (κ3) is 6.30. The van der Waals surface area contributed by atoms with Crippen LogP contribution in [0.5, 0.6) is 5.75 Å². The van der Waals surface area contributed by atoms with E-state index in [9.17, 15) is 13.2 Å². The molecule has 0 amide bonds. The lowest BCUT2D eigenvalue weighted by atomic mass is 10.3. The minimum atomic E-state index is -4.33. The summed E-state index contributed by atoms with van der Waals surface area (Å²) in [5.74, 6) is 0.165. The summed E-state index contributed by atoms with van der Waals surface area (Å²) in [6.45, 7) is -0.870. The zero-order valence-electron chi connectivity index (χ0n) is 10.7. The average molecular weight is 279 g/mol. The lowest BCUT2D eigenvalue weighted by molar-refractivity contribution is -0.153. The number of benzene rings is 1. The van der Waals surface area contributed by atoms with E-state index in [0.717, 1.165) is 5.69 Å². The first-order chi connectivity index (χ1) is 8.94. The van der Waals surface area contributed by atoms with Gasteiger partial charge in [0.25, 0.3) is 0 Å². The topological polar surface area (TPSA) is 39.7 Å². The molecule has 0 aliphatic heterocycles. The van der Waals surface area contributed by atoms with Crippen LogP contribution in [0.25, 0.3) is 0 Å². The molecule has 0 saturated carbocycles. The van der Waals surface area contributed by atoms with E-state index in [1.165, 1.54) is 26.4 Å². The Labute approximate surface area is 109 Å². The third-order valence-electron chi connectivity index (χ3n) is 2.26. The summed E-state index contributed by atoms with van der Waals surface area (Å²) in [6.07, 6.45) is -4.72. The fourth-order valence-corrected chi connectivity index (χ4v) is 1.30. The van der Waals surface area contributed by atoms with E-state index in [0.29, 0.717) is 6.54 Å². The summed E-state index contributed by atoms with van der Waals surface area (Å²) >= 11 is 0. The van der Waals surface area contributed by atoms with Gasteiger partial charge in [0.1, 0.15) is 5.75 Å². The van der Waals surface area contributed by atoms with Gasteiger partial charge in [0.15, 0.2) is 12.9 Å². The molecule has 1 aromatic rings. The molecule has 0 spiro atoms. The number of ether oxygens (including phenoxy) is 3. The molecule has 1 rings (SSSR count). The number of anilines is 1. The van der Waals surface area contributed by atoms with Crippen molar-refractivity contribution in [2.24, 2.45) is 0 Å². The summed E-state index contributed by atoms with van der Waals surface area (Å²) in [6, 6.07) is 6.16. The number of alkyl halides is 3. The van der Waals surface area contributed by atoms with Gasteiger partial charge in [-0.1, -0.05) is 0 Å². The first kappa shape index (κ1) is 15.6. The SMILES string of the molecule is COC(CNc1ccc(OCC(F)(F)F)cc1)OC. The van der Waals surface area contributed by atoms with Gasteiger partial charge in [-0.2, -0.15) is 13.2 Å². The molecule has 0 aliphatic carbocycles. The van der Waals surface area contributed by atoms with Crippen LogP contribution in [0, 0.1) is 0 Å². The number of rotatable bonds is 7. The normalized spacial score (nSPS) is 11.7.